The monoisotopic (exact) mass is 460 g/mol. The molecule has 8 heteroatoms. The molecule has 0 N–H and O–H groups in total. The second-order valence-corrected chi connectivity index (χ2v) is 9.65. The van der Waals surface area contributed by atoms with Gasteiger partial charge in [0.15, 0.2) is 5.54 Å². The first kappa shape index (κ1) is 19.6. The first-order valence-corrected chi connectivity index (χ1v) is 10.4. The lowest BCUT2D eigenvalue weighted by Gasteiger charge is -2.36. The van der Waals surface area contributed by atoms with E-state index < -0.39 is 26.4 Å². The molecule has 1 spiro atoms. The zero-order chi connectivity index (χ0) is 21.1. The molecular formula is C22H15Cl3N2O3. The average molecular weight is 462 g/mol. The van der Waals surface area contributed by atoms with Gasteiger partial charge in [0.05, 0.1) is 5.69 Å². The van der Waals surface area contributed by atoms with E-state index in [1.165, 1.54) is 0 Å². The first-order valence-electron chi connectivity index (χ1n) is 9.28. The molecule has 3 aromatic rings. The topological polar surface area (TPSA) is 55.6 Å². The average Bonchev–Trinajstić information content (AvgIpc) is 3.25. The summed E-state index contributed by atoms with van der Waals surface area (Å²) < 4.78 is -2.01. The van der Waals surface area contributed by atoms with Crippen LogP contribution in [0.25, 0.3) is 11.1 Å². The lowest BCUT2D eigenvalue weighted by Crippen LogP contribution is -2.53. The van der Waals surface area contributed by atoms with Crippen LogP contribution >= 0.6 is 34.8 Å². The van der Waals surface area contributed by atoms with Gasteiger partial charge in [-0.2, -0.15) is 0 Å². The molecule has 1 saturated heterocycles. The fraction of sp³-hybridized carbons (Fsp3) is 0.182. The Kier molecular flexibility index (Phi) is 4.49. The number of para-hydroxylation sites is 1. The fourth-order valence-electron chi connectivity index (χ4n) is 4.71. The van der Waals surface area contributed by atoms with E-state index in [1.54, 1.807) is 5.06 Å². The van der Waals surface area contributed by atoms with Crippen LogP contribution in [-0.4, -0.2) is 20.9 Å². The van der Waals surface area contributed by atoms with Crippen molar-refractivity contribution in [3.8, 4) is 11.1 Å². The van der Waals surface area contributed by atoms with Gasteiger partial charge in [0.2, 0.25) is 9.90 Å². The van der Waals surface area contributed by atoms with E-state index in [-0.39, 0.29) is 0 Å². The summed E-state index contributed by atoms with van der Waals surface area (Å²) in [7, 11) is 0. The van der Waals surface area contributed by atoms with Crippen molar-refractivity contribution in [2.24, 2.45) is 0 Å². The van der Waals surface area contributed by atoms with Crippen LogP contribution in [0, 0.1) is 10.1 Å². The van der Waals surface area contributed by atoms with E-state index in [0.29, 0.717) is 5.69 Å². The molecule has 2 aliphatic rings. The number of halogens is 3. The summed E-state index contributed by atoms with van der Waals surface area (Å²) in [4.78, 5) is 18.3. The second kappa shape index (κ2) is 6.86. The number of nitrogens with zero attached hydrogens (tertiary/aromatic N) is 2. The van der Waals surface area contributed by atoms with Crippen LogP contribution in [0.15, 0.2) is 78.9 Å². The molecule has 1 fully saturated rings. The van der Waals surface area contributed by atoms with Gasteiger partial charge >= 0.3 is 0 Å². The van der Waals surface area contributed by atoms with Gasteiger partial charge in [-0.15, -0.1) is 0 Å². The van der Waals surface area contributed by atoms with Crippen molar-refractivity contribution in [3.63, 3.8) is 0 Å². The number of hydrogen-bond acceptors (Lipinski definition) is 4. The normalized spacial score (nSPS) is 21.5. The van der Waals surface area contributed by atoms with E-state index in [9.17, 15) is 10.1 Å². The lowest BCUT2D eigenvalue weighted by atomic mass is 9.79. The number of alkyl halides is 3. The number of anilines is 1. The third-order valence-corrected chi connectivity index (χ3v) is 6.41. The third-order valence-electron chi connectivity index (χ3n) is 5.76. The van der Waals surface area contributed by atoms with Crippen LogP contribution in [-0.2, 0) is 10.4 Å². The van der Waals surface area contributed by atoms with Crippen molar-refractivity contribution in [1.29, 1.82) is 0 Å². The lowest BCUT2D eigenvalue weighted by molar-refractivity contribution is -0.534. The van der Waals surface area contributed by atoms with Gasteiger partial charge in [0, 0.05) is 4.92 Å². The Labute approximate surface area is 187 Å². The molecule has 0 amide bonds. The molecule has 0 aromatic heterocycles. The highest BCUT2D eigenvalue weighted by atomic mass is 35.6. The molecule has 1 aliphatic carbocycles. The largest absolute Gasteiger partial charge is 0.279 e. The van der Waals surface area contributed by atoms with Crippen LogP contribution < -0.4 is 5.06 Å². The van der Waals surface area contributed by atoms with Gasteiger partial charge in [0.1, 0.15) is 0 Å². The van der Waals surface area contributed by atoms with Gasteiger partial charge < -0.3 is 0 Å². The number of fused-ring (bicyclic) bond motifs is 5. The molecule has 1 aliphatic heterocycles. The zero-order valence-electron chi connectivity index (χ0n) is 15.4. The SMILES string of the molecule is O=[N+]([O-])[C@H]1[C@H](C(Cl)(Cl)Cl)ON(c2ccccc2)C12c1ccccc1-c1ccccc12. The maximum Gasteiger partial charge on any atom is 0.279 e. The number of nitro groups is 1. The van der Waals surface area contributed by atoms with Crippen LogP contribution in [0.4, 0.5) is 5.69 Å². The van der Waals surface area contributed by atoms with E-state index in [0.717, 1.165) is 22.3 Å². The van der Waals surface area contributed by atoms with Gasteiger partial charge in [-0.1, -0.05) is 102 Å². The summed E-state index contributed by atoms with van der Waals surface area (Å²) in [6.07, 6.45) is -1.31. The molecule has 2 atom stereocenters. The van der Waals surface area contributed by atoms with Crippen LogP contribution in [0.2, 0.25) is 0 Å². The van der Waals surface area contributed by atoms with Crippen LogP contribution in [0.5, 0.6) is 0 Å². The molecular weight excluding hydrogens is 447 g/mol. The van der Waals surface area contributed by atoms with E-state index in [1.807, 2.05) is 78.9 Å². The van der Waals surface area contributed by atoms with Gasteiger partial charge in [0.25, 0.3) is 6.04 Å². The van der Waals surface area contributed by atoms with E-state index >= 15 is 0 Å². The van der Waals surface area contributed by atoms with Crippen molar-refractivity contribution in [1.82, 2.24) is 0 Å². The zero-order valence-corrected chi connectivity index (χ0v) is 17.7. The fourth-order valence-corrected chi connectivity index (χ4v) is 5.18. The maximum atomic E-state index is 12.5. The second-order valence-electron chi connectivity index (χ2n) is 7.29. The minimum absolute atomic E-state index is 0.394. The van der Waals surface area contributed by atoms with E-state index in [2.05, 4.69) is 0 Å². The molecule has 3 aromatic carbocycles. The quantitative estimate of drug-likeness (QED) is 0.277. The van der Waals surface area contributed by atoms with Crippen LogP contribution in [0.1, 0.15) is 11.1 Å². The minimum Gasteiger partial charge on any atom is -0.264 e. The molecule has 152 valence electrons. The Hall–Kier alpha value is -2.31. The summed E-state index contributed by atoms with van der Waals surface area (Å²) in [6, 6.07) is 23.0. The smallest absolute Gasteiger partial charge is 0.264 e. The van der Waals surface area contributed by atoms with E-state index in [4.69, 9.17) is 39.6 Å². The Morgan fingerprint density at radius 1 is 0.867 bits per heavy atom. The number of hydrogen-bond donors (Lipinski definition) is 0. The Balaban J connectivity index is 1.90. The molecule has 5 rings (SSSR count). The number of hydroxylamine groups is 1. The molecule has 30 heavy (non-hydrogen) atoms. The van der Waals surface area contributed by atoms with Gasteiger partial charge in [-0.25, -0.2) is 5.06 Å². The molecule has 5 nitrogen and oxygen atoms in total. The van der Waals surface area contributed by atoms with Crippen molar-refractivity contribution in [2.45, 2.75) is 21.5 Å². The Morgan fingerprint density at radius 2 is 1.37 bits per heavy atom. The minimum atomic E-state index is -2.01. The summed E-state index contributed by atoms with van der Waals surface area (Å²) in [5, 5.41) is 14.1. The molecule has 0 bridgehead atoms. The van der Waals surface area contributed by atoms with Crippen molar-refractivity contribution < 1.29 is 9.76 Å². The molecule has 0 radical (unpaired) electrons. The third kappa shape index (κ3) is 2.59. The van der Waals surface area contributed by atoms with Crippen LogP contribution in [0.3, 0.4) is 0 Å². The van der Waals surface area contributed by atoms with Gasteiger partial charge in [-0.3, -0.25) is 15.0 Å². The standard InChI is InChI=1S/C22H15Cl3N2O3/c23-22(24,25)20-19(27(28)29)21(26(30-20)14-8-2-1-3-9-14)17-12-6-4-10-15(17)16-11-5-7-13-18(16)21/h1-13,19-20H/t19-,20+/m0/s1. The summed E-state index contributed by atoms with van der Waals surface area (Å²) in [5.74, 6) is 0. The van der Waals surface area contributed by atoms with Crippen molar-refractivity contribution >= 4 is 40.5 Å². The van der Waals surface area contributed by atoms with Gasteiger partial charge in [-0.05, 0) is 34.4 Å². The predicted molar refractivity (Wildman–Crippen MR) is 118 cm³/mol. The highest BCUT2D eigenvalue weighted by Crippen LogP contribution is 2.60. The summed E-state index contributed by atoms with van der Waals surface area (Å²) in [5.41, 5.74) is 2.62. The Bertz CT molecular complexity index is 1090. The van der Waals surface area contributed by atoms with Crippen molar-refractivity contribution in [2.75, 3.05) is 5.06 Å². The highest BCUT2D eigenvalue weighted by Gasteiger charge is 2.71. The number of rotatable bonds is 2. The van der Waals surface area contributed by atoms with Crippen molar-refractivity contribution in [3.05, 3.63) is 100 Å². The molecule has 0 saturated carbocycles. The summed E-state index contributed by atoms with van der Waals surface area (Å²) in [6.45, 7) is 0. The number of benzene rings is 3. The molecule has 1 heterocycles. The molecule has 0 unspecified atom stereocenters. The Morgan fingerprint density at radius 3 is 1.87 bits per heavy atom. The predicted octanol–water partition coefficient (Wildman–Crippen LogP) is 5.75. The maximum absolute atomic E-state index is 12.5. The summed E-state index contributed by atoms with van der Waals surface area (Å²) >= 11 is 18.7. The first-order chi connectivity index (χ1) is 14.4. The highest BCUT2D eigenvalue weighted by molar-refractivity contribution is 6.68.